The van der Waals surface area contributed by atoms with Crippen LogP contribution in [-0.2, 0) is 6.54 Å². The standard InChI is InChI=1S/C18H23N3O2S/c1-2-10-23-17-8-7-14(12-19-17)13-20-18(22)21-9-3-5-15(21)16-6-4-11-24-16/h4,6-8,11-12,15H,2-3,5,9-10,13H2,1H3,(H,20,22). The van der Waals surface area contributed by atoms with Crippen LogP contribution in [0.4, 0.5) is 4.79 Å². The van der Waals surface area contributed by atoms with Crippen molar-refractivity contribution in [2.24, 2.45) is 0 Å². The van der Waals surface area contributed by atoms with Crippen molar-refractivity contribution >= 4 is 17.4 Å². The second-order valence-electron chi connectivity index (χ2n) is 5.88. The summed E-state index contributed by atoms with van der Waals surface area (Å²) >= 11 is 1.72. The Morgan fingerprint density at radius 3 is 3.08 bits per heavy atom. The van der Waals surface area contributed by atoms with E-state index in [1.165, 1.54) is 4.88 Å². The van der Waals surface area contributed by atoms with E-state index < -0.39 is 0 Å². The number of carbonyl (C=O) groups excluding carboxylic acids is 1. The van der Waals surface area contributed by atoms with Crippen molar-refractivity contribution in [3.8, 4) is 5.88 Å². The molecule has 128 valence electrons. The van der Waals surface area contributed by atoms with E-state index in [2.05, 4.69) is 28.7 Å². The summed E-state index contributed by atoms with van der Waals surface area (Å²) in [6.07, 6.45) is 4.81. The van der Waals surface area contributed by atoms with Crippen LogP contribution in [0.25, 0.3) is 0 Å². The van der Waals surface area contributed by atoms with Gasteiger partial charge in [0.25, 0.3) is 0 Å². The number of hydrogen-bond acceptors (Lipinski definition) is 4. The number of thiophene rings is 1. The fraction of sp³-hybridized carbons (Fsp3) is 0.444. The lowest BCUT2D eigenvalue weighted by molar-refractivity contribution is 0.193. The second-order valence-corrected chi connectivity index (χ2v) is 6.86. The number of aromatic nitrogens is 1. The molecule has 6 heteroatoms. The molecule has 1 saturated heterocycles. The Balaban J connectivity index is 1.53. The van der Waals surface area contributed by atoms with Gasteiger partial charge in [0.15, 0.2) is 0 Å². The van der Waals surface area contributed by atoms with Gasteiger partial charge in [0.05, 0.1) is 12.6 Å². The van der Waals surface area contributed by atoms with Gasteiger partial charge in [-0.2, -0.15) is 0 Å². The van der Waals surface area contributed by atoms with E-state index in [1.807, 2.05) is 23.1 Å². The van der Waals surface area contributed by atoms with Crippen LogP contribution in [0.3, 0.4) is 0 Å². The molecule has 0 bridgehead atoms. The van der Waals surface area contributed by atoms with Gasteiger partial charge in [0.1, 0.15) is 0 Å². The maximum Gasteiger partial charge on any atom is 0.318 e. The maximum atomic E-state index is 12.5. The van der Waals surface area contributed by atoms with E-state index in [4.69, 9.17) is 4.74 Å². The lowest BCUT2D eigenvalue weighted by Gasteiger charge is -2.24. The molecule has 1 unspecified atom stereocenters. The van der Waals surface area contributed by atoms with Gasteiger partial charge in [-0.05, 0) is 36.3 Å². The first-order valence-corrected chi connectivity index (χ1v) is 9.31. The van der Waals surface area contributed by atoms with Crippen LogP contribution in [0, 0.1) is 0 Å². The smallest absolute Gasteiger partial charge is 0.318 e. The number of nitrogens with zero attached hydrogens (tertiary/aromatic N) is 2. The van der Waals surface area contributed by atoms with Crippen molar-refractivity contribution < 1.29 is 9.53 Å². The monoisotopic (exact) mass is 345 g/mol. The van der Waals surface area contributed by atoms with E-state index >= 15 is 0 Å². The molecule has 2 aromatic heterocycles. The number of carbonyl (C=O) groups is 1. The quantitative estimate of drug-likeness (QED) is 0.861. The molecule has 0 aliphatic carbocycles. The number of rotatable bonds is 6. The van der Waals surface area contributed by atoms with Crippen LogP contribution in [0.2, 0.25) is 0 Å². The first-order chi connectivity index (χ1) is 11.8. The average Bonchev–Trinajstić information content (AvgIpc) is 3.29. The summed E-state index contributed by atoms with van der Waals surface area (Å²) in [7, 11) is 0. The second kappa shape index (κ2) is 8.15. The van der Waals surface area contributed by atoms with Crippen LogP contribution in [0.1, 0.15) is 42.7 Å². The lowest BCUT2D eigenvalue weighted by atomic mass is 10.2. The first-order valence-electron chi connectivity index (χ1n) is 8.43. The van der Waals surface area contributed by atoms with Crippen LogP contribution < -0.4 is 10.1 Å². The minimum Gasteiger partial charge on any atom is -0.478 e. The van der Waals surface area contributed by atoms with E-state index in [1.54, 1.807) is 17.5 Å². The lowest BCUT2D eigenvalue weighted by Crippen LogP contribution is -2.38. The summed E-state index contributed by atoms with van der Waals surface area (Å²) < 4.78 is 5.47. The van der Waals surface area contributed by atoms with Gasteiger partial charge in [-0.3, -0.25) is 0 Å². The molecule has 0 aromatic carbocycles. The van der Waals surface area contributed by atoms with Gasteiger partial charge in [-0.25, -0.2) is 9.78 Å². The van der Waals surface area contributed by atoms with Crippen molar-refractivity contribution in [1.82, 2.24) is 15.2 Å². The molecule has 0 saturated carbocycles. The maximum absolute atomic E-state index is 12.5. The minimum absolute atomic E-state index is 0.00258. The number of likely N-dealkylation sites (tertiary alicyclic amines) is 1. The summed E-state index contributed by atoms with van der Waals surface area (Å²) in [6, 6.07) is 8.16. The highest BCUT2D eigenvalue weighted by atomic mass is 32.1. The van der Waals surface area contributed by atoms with Crippen molar-refractivity contribution in [3.63, 3.8) is 0 Å². The third kappa shape index (κ3) is 4.06. The summed E-state index contributed by atoms with van der Waals surface area (Å²) in [5.74, 6) is 0.629. The van der Waals surface area contributed by atoms with E-state index in [-0.39, 0.29) is 12.1 Å². The molecule has 1 aliphatic rings. The number of hydrogen-bond donors (Lipinski definition) is 1. The Hall–Kier alpha value is -2.08. The normalized spacial score (nSPS) is 17.0. The molecule has 3 heterocycles. The zero-order chi connectivity index (χ0) is 16.8. The molecule has 1 N–H and O–H groups in total. The Bertz CT molecular complexity index is 643. The number of amides is 2. The van der Waals surface area contributed by atoms with Crippen molar-refractivity contribution in [2.75, 3.05) is 13.2 Å². The largest absolute Gasteiger partial charge is 0.478 e. The first kappa shape index (κ1) is 16.8. The van der Waals surface area contributed by atoms with Crippen molar-refractivity contribution in [3.05, 3.63) is 46.3 Å². The number of pyridine rings is 1. The molecule has 3 rings (SSSR count). The van der Waals surface area contributed by atoms with E-state index in [0.717, 1.165) is 31.4 Å². The molecular weight excluding hydrogens is 322 g/mol. The predicted molar refractivity (Wildman–Crippen MR) is 95.3 cm³/mol. The zero-order valence-corrected chi connectivity index (χ0v) is 14.7. The molecule has 24 heavy (non-hydrogen) atoms. The summed E-state index contributed by atoms with van der Waals surface area (Å²) in [5, 5.41) is 5.07. The summed E-state index contributed by atoms with van der Waals surface area (Å²) in [6.45, 7) is 4.03. The van der Waals surface area contributed by atoms with Gasteiger partial charge in [-0.1, -0.05) is 19.1 Å². The van der Waals surface area contributed by atoms with Gasteiger partial charge in [0.2, 0.25) is 5.88 Å². The molecule has 1 fully saturated rings. The van der Waals surface area contributed by atoms with Gasteiger partial charge >= 0.3 is 6.03 Å². The highest BCUT2D eigenvalue weighted by Gasteiger charge is 2.30. The fourth-order valence-corrected chi connectivity index (χ4v) is 3.75. The molecule has 0 radical (unpaired) electrons. The SMILES string of the molecule is CCCOc1ccc(CNC(=O)N2CCCC2c2cccs2)cn1. The van der Waals surface area contributed by atoms with Crippen molar-refractivity contribution in [2.45, 2.75) is 38.8 Å². The average molecular weight is 345 g/mol. The number of ether oxygens (including phenoxy) is 1. The molecule has 2 aromatic rings. The number of urea groups is 1. The van der Waals surface area contributed by atoms with Crippen LogP contribution in [-0.4, -0.2) is 29.1 Å². The Morgan fingerprint density at radius 2 is 2.38 bits per heavy atom. The fourth-order valence-electron chi connectivity index (χ4n) is 2.87. The van der Waals surface area contributed by atoms with Crippen LogP contribution in [0.5, 0.6) is 5.88 Å². The summed E-state index contributed by atoms with van der Waals surface area (Å²) in [4.78, 5) is 20.0. The van der Waals surface area contributed by atoms with Crippen molar-refractivity contribution in [1.29, 1.82) is 0 Å². The molecule has 1 aliphatic heterocycles. The van der Waals surface area contributed by atoms with Crippen LogP contribution >= 0.6 is 11.3 Å². The number of nitrogens with one attached hydrogen (secondary N) is 1. The molecular formula is C18H23N3O2S. The topological polar surface area (TPSA) is 54.5 Å². The summed E-state index contributed by atoms with van der Waals surface area (Å²) in [5.41, 5.74) is 0.971. The molecule has 2 amide bonds. The third-order valence-corrected chi connectivity index (χ3v) is 5.05. The predicted octanol–water partition coefficient (Wildman–Crippen LogP) is 3.98. The minimum atomic E-state index is -0.00258. The van der Waals surface area contributed by atoms with Gasteiger partial charge < -0.3 is 15.0 Å². The zero-order valence-electron chi connectivity index (χ0n) is 13.9. The van der Waals surface area contributed by atoms with Gasteiger partial charge in [-0.15, -0.1) is 11.3 Å². The highest BCUT2D eigenvalue weighted by Crippen LogP contribution is 2.34. The van der Waals surface area contributed by atoms with E-state index in [9.17, 15) is 4.79 Å². The van der Waals surface area contributed by atoms with Gasteiger partial charge in [0, 0.05) is 30.2 Å². The molecule has 1 atom stereocenters. The Kier molecular flexibility index (Phi) is 5.69. The van der Waals surface area contributed by atoms with Crippen LogP contribution in [0.15, 0.2) is 35.8 Å². The molecule has 0 spiro atoms. The Morgan fingerprint density at radius 1 is 1.46 bits per heavy atom. The Labute approximate surface area is 146 Å². The highest BCUT2D eigenvalue weighted by molar-refractivity contribution is 7.10. The van der Waals surface area contributed by atoms with E-state index in [0.29, 0.717) is 19.0 Å². The third-order valence-electron chi connectivity index (χ3n) is 4.08. The molecule has 5 nitrogen and oxygen atoms in total.